The van der Waals surface area contributed by atoms with E-state index in [1.807, 2.05) is 6.92 Å². The Bertz CT molecular complexity index is 583. The van der Waals surface area contributed by atoms with Crippen LogP contribution in [0.4, 0.5) is 5.69 Å². The molecule has 20 heavy (non-hydrogen) atoms. The number of benzene rings is 1. The second-order valence-electron chi connectivity index (χ2n) is 4.65. The lowest BCUT2D eigenvalue weighted by atomic mass is 10.1. The normalized spacial score (nSPS) is 11.3. The second-order valence-corrected chi connectivity index (χ2v) is 6.42. The van der Waals surface area contributed by atoms with Crippen LogP contribution in [-0.4, -0.2) is 39.9 Å². The Labute approximate surface area is 120 Å². The van der Waals surface area contributed by atoms with Gasteiger partial charge in [0.2, 0.25) is 15.9 Å². The van der Waals surface area contributed by atoms with Gasteiger partial charge in [-0.25, -0.2) is 13.1 Å². The Hall–Kier alpha value is -1.60. The van der Waals surface area contributed by atoms with Crippen LogP contribution in [0.25, 0.3) is 0 Å². The molecule has 0 unspecified atom stereocenters. The Morgan fingerprint density at radius 1 is 1.35 bits per heavy atom. The van der Waals surface area contributed by atoms with Crippen LogP contribution in [0, 0.1) is 0 Å². The van der Waals surface area contributed by atoms with E-state index in [-0.39, 0.29) is 23.8 Å². The van der Waals surface area contributed by atoms with Crippen LogP contribution in [0.15, 0.2) is 23.1 Å². The number of hydrogen-bond donors (Lipinski definition) is 2. The van der Waals surface area contributed by atoms with Crippen LogP contribution >= 0.6 is 0 Å². The van der Waals surface area contributed by atoms with Crippen LogP contribution in [0.2, 0.25) is 0 Å². The number of anilines is 1. The van der Waals surface area contributed by atoms with E-state index >= 15 is 0 Å². The summed E-state index contributed by atoms with van der Waals surface area (Å²) in [5, 5.41) is 0. The van der Waals surface area contributed by atoms with Crippen LogP contribution < -0.4 is 10.5 Å². The Morgan fingerprint density at radius 3 is 2.50 bits per heavy atom. The fraction of sp³-hybridized carbons (Fsp3) is 0.462. The second kappa shape index (κ2) is 6.71. The molecule has 0 aliphatic carbocycles. The van der Waals surface area contributed by atoms with Crippen molar-refractivity contribution in [2.24, 2.45) is 0 Å². The van der Waals surface area contributed by atoms with Gasteiger partial charge in [-0.1, -0.05) is 13.0 Å². The average Bonchev–Trinajstić information content (AvgIpc) is 2.38. The SMILES string of the molecule is CCc1ccc(S(=O)(=O)NCCC(=O)N(C)C)cc1N. The molecule has 1 aromatic carbocycles. The van der Waals surface area contributed by atoms with Crippen LogP contribution in [-0.2, 0) is 21.2 Å². The van der Waals surface area contributed by atoms with Gasteiger partial charge in [-0.05, 0) is 24.1 Å². The minimum atomic E-state index is -3.63. The molecule has 3 N–H and O–H groups in total. The highest BCUT2D eigenvalue weighted by Gasteiger charge is 2.15. The van der Waals surface area contributed by atoms with E-state index in [9.17, 15) is 13.2 Å². The van der Waals surface area contributed by atoms with Crippen molar-refractivity contribution in [1.82, 2.24) is 9.62 Å². The maximum atomic E-state index is 12.0. The molecule has 112 valence electrons. The quantitative estimate of drug-likeness (QED) is 0.752. The fourth-order valence-electron chi connectivity index (χ4n) is 1.66. The van der Waals surface area contributed by atoms with Gasteiger partial charge in [-0.2, -0.15) is 0 Å². The molecule has 0 saturated carbocycles. The largest absolute Gasteiger partial charge is 0.398 e. The molecule has 6 nitrogen and oxygen atoms in total. The maximum absolute atomic E-state index is 12.0. The van der Waals surface area contributed by atoms with Crippen LogP contribution in [0.1, 0.15) is 18.9 Å². The molecule has 1 amide bonds. The summed E-state index contributed by atoms with van der Waals surface area (Å²) in [6.07, 6.45) is 0.867. The molecule has 7 heteroatoms. The highest BCUT2D eigenvalue weighted by atomic mass is 32.2. The van der Waals surface area contributed by atoms with Gasteiger partial charge < -0.3 is 10.6 Å². The highest BCUT2D eigenvalue weighted by Crippen LogP contribution is 2.18. The third-order valence-electron chi connectivity index (χ3n) is 2.94. The van der Waals surface area contributed by atoms with E-state index in [1.165, 1.54) is 17.0 Å². The van der Waals surface area contributed by atoms with Gasteiger partial charge in [0.15, 0.2) is 0 Å². The molecule has 0 aromatic heterocycles. The Balaban J connectivity index is 2.74. The van der Waals surface area contributed by atoms with Crippen molar-refractivity contribution in [1.29, 1.82) is 0 Å². The zero-order chi connectivity index (χ0) is 15.3. The summed E-state index contributed by atoms with van der Waals surface area (Å²) < 4.78 is 26.5. The monoisotopic (exact) mass is 299 g/mol. The number of carbonyl (C=O) groups is 1. The number of nitrogens with two attached hydrogens (primary N) is 1. The molecule has 1 aromatic rings. The molecular formula is C13H21N3O3S. The average molecular weight is 299 g/mol. The van der Waals surface area contributed by atoms with Crippen molar-refractivity contribution in [3.63, 3.8) is 0 Å². The first kappa shape index (κ1) is 16.5. The molecule has 0 radical (unpaired) electrons. The number of nitrogen functional groups attached to an aromatic ring is 1. The van der Waals surface area contributed by atoms with Crippen molar-refractivity contribution in [3.8, 4) is 0 Å². The minimum Gasteiger partial charge on any atom is -0.398 e. The lowest BCUT2D eigenvalue weighted by molar-refractivity contribution is -0.128. The standard InChI is InChI=1S/C13H21N3O3S/c1-4-10-5-6-11(9-12(10)14)20(18,19)15-8-7-13(17)16(2)3/h5-6,9,15H,4,7-8,14H2,1-3H3. The van der Waals surface area contributed by atoms with Crippen molar-refractivity contribution in [2.45, 2.75) is 24.7 Å². The molecule has 0 fully saturated rings. The first-order valence-corrected chi connectivity index (χ1v) is 7.84. The van der Waals surface area contributed by atoms with Gasteiger partial charge >= 0.3 is 0 Å². The zero-order valence-electron chi connectivity index (χ0n) is 12.0. The first-order chi connectivity index (χ1) is 9.27. The third-order valence-corrected chi connectivity index (χ3v) is 4.40. The van der Waals surface area contributed by atoms with Gasteiger partial charge in [0.25, 0.3) is 0 Å². The smallest absolute Gasteiger partial charge is 0.240 e. The summed E-state index contributed by atoms with van der Waals surface area (Å²) in [6.45, 7) is 2.01. The van der Waals surface area contributed by atoms with Crippen molar-refractivity contribution in [2.75, 3.05) is 26.4 Å². The minimum absolute atomic E-state index is 0.0643. The molecule has 0 saturated heterocycles. The number of aryl methyl sites for hydroxylation is 1. The van der Waals surface area contributed by atoms with E-state index in [4.69, 9.17) is 5.73 Å². The van der Waals surface area contributed by atoms with Crippen molar-refractivity contribution < 1.29 is 13.2 Å². The van der Waals surface area contributed by atoms with E-state index < -0.39 is 10.0 Å². The molecule has 0 bridgehead atoms. The lowest BCUT2D eigenvalue weighted by Gasteiger charge is -2.11. The predicted octanol–water partition coefficient (Wildman–Crippen LogP) is 0.588. The lowest BCUT2D eigenvalue weighted by Crippen LogP contribution is -2.30. The number of rotatable bonds is 6. The zero-order valence-corrected chi connectivity index (χ0v) is 12.8. The van der Waals surface area contributed by atoms with E-state index in [2.05, 4.69) is 4.72 Å². The van der Waals surface area contributed by atoms with Crippen LogP contribution in [0.5, 0.6) is 0 Å². The van der Waals surface area contributed by atoms with E-state index in [0.717, 1.165) is 12.0 Å². The molecule has 0 heterocycles. The summed E-state index contributed by atoms with van der Waals surface area (Å²) in [6, 6.07) is 4.66. The summed E-state index contributed by atoms with van der Waals surface area (Å²) in [7, 11) is -0.378. The number of amides is 1. The first-order valence-electron chi connectivity index (χ1n) is 6.36. The van der Waals surface area contributed by atoms with Crippen LogP contribution in [0.3, 0.4) is 0 Å². The predicted molar refractivity (Wildman–Crippen MR) is 78.7 cm³/mol. The van der Waals surface area contributed by atoms with E-state index in [0.29, 0.717) is 5.69 Å². The van der Waals surface area contributed by atoms with Crippen molar-refractivity contribution >= 4 is 21.6 Å². The highest BCUT2D eigenvalue weighted by molar-refractivity contribution is 7.89. The number of sulfonamides is 1. The topological polar surface area (TPSA) is 92.5 Å². The van der Waals surface area contributed by atoms with E-state index in [1.54, 1.807) is 20.2 Å². The Kier molecular flexibility index (Phi) is 5.52. The number of hydrogen-bond acceptors (Lipinski definition) is 4. The van der Waals surface area contributed by atoms with Gasteiger partial charge in [-0.3, -0.25) is 4.79 Å². The Morgan fingerprint density at radius 2 is 2.00 bits per heavy atom. The van der Waals surface area contributed by atoms with Gasteiger partial charge in [-0.15, -0.1) is 0 Å². The number of carbonyl (C=O) groups excluding carboxylic acids is 1. The fourth-order valence-corrected chi connectivity index (χ4v) is 2.73. The maximum Gasteiger partial charge on any atom is 0.240 e. The molecular weight excluding hydrogens is 278 g/mol. The van der Waals surface area contributed by atoms with Gasteiger partial charge in [0, 0.05) is 32.7 Å². The molecule has 0 aliphatic heterocycles. The number of nitrogens with zero attached hydrogens (tertiary/aromatic N) is 1. The molecule has 0 atom stereocenters. The summed E-state index contributed by atoms with van der Waals surface area (Å²) >= 11 is 0. The third kappa shape index (κ3) is 4.21. The van der Waals surface area contributed by atoms with Gasteiger partial charge in [0.1, 0.15) is 0 Å². The van der Waals surface area contributed by atoms with Crippen molar-refractivity contribution in [3.05, 3.63) is 23.8 Å². The van der Waals surface area contributed by atoms with Gasteiger partial charge in [0.05, 0.1) is 4.90 Å². The summed E-state index contributed by atoms with van der Waals surface area (Å²) in [4.78, 5) is 12.9. The summed E-state index contributed by atoms with van der Waals surface area (Å²) in [5.74, 6) is -0.131. The number of nitrogens with one attached hydrogen (secondary N) is 1. The summed E-state index contributed by atoms with van der Waals surface area (Å²) in [5.41, 5.74) is 7.16. The molecule has 0 spiro atoms. The molecule has 0 aliphatic rings. The molecule has 1 rings (SSSR count).